The van der Waals surface area contributed by atoms with Gasteiger partial charge in [-0.05, 0) is 36.2 Å². The molecule has 12 heavy (non-hydrogen) atoms. The molecule has 0 aromatic rings. The first-order chi connectivity index (χ1) is 5.79. The molecule has 1 atom stereocenters. The zero-order valence-corrected chi connectivity index (χ0v) is 7.96. The van der Waals surface area contributed by atoms with Crippen LogP contribution in [0.4, 0.5) is 0 Å². The lowest BCUT2D eigenvalue weighted by Gasteiger charge is -2.42. The number of rotatable bonds is 3. The topological polar surface area (TPSA) is 40.5 Å². The van der Waals surface area contributed by atoms with E-state index in [1.807, 2.05) is 11.8 Å². The molecule has 2 fully saturated rings. The van der Waals surface area contributed by atoms with Gasteiger partial charge in [0.15, 0.2) is 6.29 Å². The molecule has 1 aliphatic heterocycles. The van der Waals surface area contributed by atoms with Gasteiger partial charge in [-0.15, -0.1) is 0 Å². The predicted molar refractivity (Wildman–Crippen MR) is 49.9 cm³/mol. The molecule has 2 N–H and O–H groups in total. The van der Waals surface area contributed by atoms with Crippen molar-refractivity contribution in [2.75, 3.05) is 11.5 Å². The van der Waals surface area contributed by atoms with Crippen molar-refractivity contribution in [2.45, 2.75) is 25.6 Å². The van der Waals surface area contributed by atoms with Gasteiger partial charge in [0.05, 0.1) is 0 Å². The van der Waals surface area contributed by atoms with E-state index in [2.05, 4.69) is 0 Å². The highest BCUT2D eigenvalue weighted by molar-refractivity contribution is 8.00. The van der Waals surface area contributed by atoms with Gasteiger partial charge in [0.2, 0.25) is 0 Å². The van der Waals surface area contributed by atoms with Crippen molar-refractivity contribution in [2.24, 2.45) is 17.8 Å². The second-order valence-electron chi connectivity index (χ2n) is 3.98. The molecule has 0 amide bonds. The number of thioether (sulfide) groups is 1. The van der Waals surface area contributed by atoms with E-state index in [0.717, 1.165) is 11.5 Å². The normalized spacial score (nSPS) is 28.2. The van der Waals surface area contributed by atoms with Crippen LogP contribution >= 0.6 is 11.8 Å². The summed E-state index contributed by atoms with van der Waals surface area (Å²) in [5.41, 5.74) is 0. The first-order valence-corrected chi connectivity index (χ1v) is 5.88. The van der Waals surface area contributed by atoms with Crippen molar-refractivity contribution >= 4 is 11.8 Å². The van der Waals surface area contributed by atoms with Crippen LogP contribution in [0.2, 0.25) is 0 Å². The van der Waals surface area contributed by atoms with E-state index >= 15 is 0 Å². The fourth-order valence-electron chi connectivity index (χ4n) is 2.17. The number of hydrogen-bond donors (Lipinski definition) is 2. The molecular formula is C9H16O2S. The molecule has 0 radical (unpaired) electrons. The summed E-state index contributed by atoms with van der Waals surface area (Å²) in [5.74, 6) is 3.65. The maximum Gasteiger partial charge on any atom is 0.154 e. The minimum absolute atomic E-state index is 0.181. The summed E-state index contributed by atoms with van der Waals surface area (Å²) < 4.78 is 0. The van der Waals surface area contributed by atoms with E-state index in [1.165, 1.54) is 19.3 Å². The van der Waals surface area contributed by atoms with Crippen LogP contribution < -0.4 is 0 Å². The van der Waals surface area contributed by atoms with Crippen molar-refractivity contribution in [1.82, 2.24) is 0 Å². The molecule has 2 rings (SSSR count). The Morgan fingerprint density at radius 2 is 1.75 bits per heavy atom. The van der Waals surface area contributed by atoms with Crippen LogP contribution in [0.15, 0.2) is 0 Å². The lowest BCUT2D eigenvalue weighted by molar-refractivity contribution is -0.125. The predicted octanol–water partition coefficient (Wildman–Crippen LogP) is 1.08. The highest BCUT2D eigenvalue weighted by atomic mass is 32.2. The van der Waals surface area contributed by atoms with Crippen molar-refractivity contribution < 1.29 is 10.2 Å². The lowest BCUT2D eigenvalue weighted by Crippen LogP contribution is -2.42. The molecule has 1 saturated carbocycles. The third kappa shape index (κ3) is 1.50. The monoisotopic (exact) mass is 188 g/mol. The van der Waals surface area contributed by atoms with Gasteiger partial charge in [-0.1, -0.05) is 6.42 Å². The lowest BCUT2D eigenvalue weighted by atomic mass is 9.71. The van der Waals surface area contributed by atoms with Gasteiger partial charge in [-0.2, -0.15) is 11.8 Å². The van der Waals surface area contributed by atoms with Crippen molar-refractivity contribution in [3.63, 3.8) is 0 Å². The quantitative estimate of drug-likeness (QED) is 0.651. The van der Waals surface area contributed by atoms with Crippen molar-refractivity contribution in [1.29, 1.82) is 0 Å². The Morgan fingerprint density at radius 1 is 1.08 bits per heavy atom. The minimum atomic E-state index is -1.07. The van der Waals surface area contributed by atoms with Gasteiger partial charge >= 0.3 is 0 Å². The van der Waals surface area contributed by atoms with Crippen LogP contribution in [0.3, 0.4) is 0 Å². The molecule has 3 heteroatoms. The molecule has 0 bridgehead atoms. The zero-order valence-electron chi connectivity index (χ0n) is 7.15. The maximum absolute atomic E-state index is 9.23. The molecule has 2 nitrogen and oxygen atoms in total. The SMILES string of the molecule is OC(O)C(C1CCC1)C1CSC1. The molecular weight excluding hydrogens is 172 g/mol. The summed E-state index contributed by atoms with van der Waals surface area (Å²) in [6.45, 7) is 0. The van der Waals surface area contributed by atoms with E-state index in [4.69, 9.17) is 0 Å². The molecule has 0 aromatic heterocycles. The number of aliphatic hydroxyl groups excluding tert-OH is 1. The minimum Gasteiger partial charge on any atom is -0.368 e. The van der Waals surface area contributed by atoms with Crippen LogP contribution in [0.1, 0.15) is 19.3 Å². The average Bonchev–Trinajstić information content (AvgIpc) is 1.77. The third-order valence-electron chi connectivity index (χ3n) is 3.25. The highest BCUT2D eigenvalue weighted by Crippen LogP contribution is 2.43. The fourth-order valence-corrected chi connectivity index (χ4v) is 3.12. The summed E-state index contributed by atoms with van der Waals surface area (Å²) in [4.78, 5) is 0. The van der Waals surface area contributed by atoms with Crippen LogP contribution in [-0.2, 0) is 0 Å². The van der Waals surface area contributed by atoms with Gasteiger partial charge in [0, 0.05) is 5.92 Å². The largest absolute Gasteiger partial charge is 0.368 e. The number of hydrogen-bond acceptors (Lipinski definition) is 3. The fraction of sp³-hybridized carbons (Fsp3) is 1.00. The Balaban J connectivity index is 1.91. The Bertz CT molecular complexity index is 139. The first kappa shape index (κ1) is 8.85. The van der Waals surface area contributed by atoms with E-state index in [0.29, 0.717) is 11.8 Å². The molecule has 1 aliphatic carbocycles. The zero-order chi connectivity index (χ0) is 8.55. The van der Waals surface area contributed by atoms with Crippen LogP contribution in [-0.4, -0.2) is 28.0 Å². The Labute approximate surface area is 77.4 Å². The second-order valence-corrected chi connectivity index (χ2v) is 5.05. The Hall–Kier alpha value is 0.270. The van der Waals surface area contributed by atoms with Crippen LogP contribution in [0.25, 0.3) is 0 Å². The van der Waals surface area contributed by atoms with Crippen LogP contribution in [0, 0.1) is 17.8 Å². The maximum atomic E-state index is 9.23. The smallest absolute Gasteiger partial charge is 0.154 e. The Morgan fingerprint density at radius 3 is 2.00 bits per heavy atom. The number of aliphatic hydroxyl groups is 2. The molecule has 70 valence electrons. The van der Waals surface area contributed by atoms with E-state index in [1.54, 1.807) is 0 Å². The average molecular weight is 188 g/mol. The summed E-state index contributed by atoms with van der Waals surface area (Å²) >= 11 is 1.92. The molecule has 0 spiro atoms. The highest BCUT2D eigenvalue weighted by Gasteiger charge is 2.39. The summed E-state index contributed by atoms with van der Waals surface area (Å²) in [5, 5.41) is 18.5. The van der Waals surface area contributed by atoms with Gasteiger partial charge in [-0.3, -0.25) is 0 Å². The standard InChI is InChI=1S/C9H16O2S/c10-9(11)8(6-2-1-3-6)7-4-12-5-7/h6-11H,1-5H2. The molecule has 2 aliphatic rings. The van der Waals surface area contributed by atoms with Crippen molar-refractivity contribution in [3.8, 4) is 0 Å². The van der Waals surface area contributed by atoms with Crippen LogP contribution in [0.5, 0.6) is 0 Å². The van der Waals surface area contributed by atoms with Gasteiger partial charge in [0.25, 0.3) is 0 Å². The van der Waals surface area contributed by atoms with E-state index < -0.39 is 6.29 Å². The Kier molecular flexibility index (Phi) is 2.63. The van der Waals surface area contributed by atoms with E-state index in [9.17, 15) is 10.2 Å². The first-order valence-electron chi connectivity index (χ1n) is 4.73. The second kappa shape index (κ2) is 3.56. The van der Waals surface area contributed by atoms with Gasteiger partial charge in [-0.25, -0.2) is 0 Å². The van der Waals surface area contributed by atoms with E-state index in [-0.39, 0.29) is 5.92 Å². The summed E-state index contributed by atoms with van der Waals surface area (Å²) in [6.07, 6.45) is 2.64. The molecule has 1 saturated heterocycles. The summed E-state index contributed by atoms with van der Waals surface area (Å²) in [7, 11) is 0. The van der Waals surface area contributed by atoms with Gasteiger partial charge in [0.1, 0.15) is 0 Å². The molecule has 1 heterocycles. The third-order valence-corrected chi connectivity index (χ3v) is 4.57. The molecule has 0 aromatic carbocycles. The van der Waals surface area contributed by atoms with Gasteiger partial charge < -0.3 is 10.2 Å². The molecule has 1 unspecified atom stereocenters. The van der Waals surface area contributed by atoms with Crippen molar-refractivity contribution in [3.05, 3.63) is 0 Å². The summed E-state index contributed by atoms with van der Waals surface area (Å²) in [6, 6.07) is 0.